The fourth-order valence-corrected chi connectivity index (χ4v) is 1.87. The maximum Gasteiger partial charge on any atom is 0.168 e. The van der Waals surface area contributed by atoms with Gasteiger partial charge in [0.25, 0.3) is 0 Å². The molecule has 0 atom stereocenters. The van der Waals surface area contributed by atoms with Gasteiger partial charge in [-0.3, -0.25) is 4.79 Å². The molecule has 100 valence electrons. The lowest BCUT2D eigenvalue weighted by Gasteiger charge is -2.23. The highest BCUT2D eigenvalue weighted by molar-refractivity contribution is 5.88. The van der Waals surface area contributed by atoms with Crippen LogP contribution in [0.3, 0.4) is 0 Å². The molecule has 0 saturated heterocycles. The second-order valence-corrected chi connectivity index (χ2v) is 4.86. The Bertz CT molecular complexity index is 422. The first-order valence-electron chi connectivity index (χ1n) is 6.21. The first kappa shape index (κ1) is 14.7. The molecule has 0 fully saturated rings. The number of benzene rings is 1. The van der Waals surface area contributed by atoms with Gasteiger partial charge in [-0.1, -0.05) is 17.7 Å². The van der Waals surface area contributed by atoms with Crippen LogP contribution in [0, 0.1) is 6.92 Å². The standard InChI is InChI=1S/C15H22O3/c1-6-18-15(3,4)14(16)10-12-9-11(2)7-8-13(12)17-5/h7-9H,6,10H2,1-5H3. The van der Waals surface area contributed by atoms with Gasteiger partial charge in [0.15, 0.2) is 5.78 Å². The van der Waals surface area contributed by atoms with Crippen LogP contribution in [0.4, 0.5) is 0 Å². The van der Waals surface area contributed by atoms with Gasteiger partial charge >= 0.3 is 0 Å². The average Bonchev–Trinajstić information content (AvgIpc) is 2.29. The van der Waals surface area contributed by atoms with Crippen LogP contribution >= 0.6 is 0 Å². The van der Waals surface area contributed by atoms with Crippen LogP contribution in [-0.2, 0) is 16.0 Å². The molecule has 1 aromatic rings. The summed E-state index contributed by atoms with van der Waals surface area (Å²) < 4.78 is 10.8. The van der Waals surface area contributed by atoms with Crippen molar-refractivity contribution in [3.63, 3.8) is 0 Å². The van der Waals surface area contributed by atoms with Crippen LogP contribution in [0.2, 0.25) is 0 Å². The quantitative estimate of drug-likeness (QED) is 0.778. The summed E-state index contributed by atoms with van der Waals surface area (Å²) in [5.74, 6) is 0.814. The predicted molar refractivity (Wildman–Crippen MR) is 72.1 cm³/mol. The smallest absolute Gasteiger partial charge is 0.168 e. The van der Waals surface area contributed by atoms with Crippen molar-refractivity contribution in [1.82, 2.24) is 0 Å². The molecule has 0 aliphatic carbocycles. The number of ether oxygens (including phenoxy) is 2. The number of hydrogen-bond acceptors (Lipinski definition) is 3. The van der Waals surface area contributed by atoms with Crippen LogP contribution in [0.1, 0.15) is 31.9 Å². The molecular formula is C15H22O3. The van der Waals surface area contributed by atoms with Crippen molar-refractivity contribution >= 4 is 5.78 Å². The minimum Gasteiger partial charge on any atom is -0.496 e. The van der Waals surface area contributed by atoms with E-state index < -0.39 is 5.60 Å². The van der Waals surface area contributed by atoms with E-state index in [9.17, 15) is 4.79 Å². The fourth-order valence-electron chi connectivity index (χ4n) is 1.87. The summed E-state index contributed by atoms with van der Waals surface area (Å²) in [7, 11) is 1.62. The number of Topliss-reactive ketones (excluding diaryl/α,β-unsaturated/α-hetero) is 1. The molecule has 0 aliphatic heterocycles. The lowest BCUT2D eigenvalue weighted by atomic mass is 9.95. The zero-order valence-corrected chi connectivity index (χ0v) is 11.9. The summed E-state index contributed by atoms with van der Waals surface area (Å²) in [6, 6.07) is 5.85. The summed E-state index contributed by atoms with van der Waals surface area (Å²) >= 11 is 0. The van der Waals surface area contributed by atoms with E-state index in [4.69, 9.17) is 9.47 Å². The van der Waals surface area contributed by atoms with Crippen molar-refractivity contribution in [2.45, 2.75) is 39.7 Å². The molecule has 1 aromatic carbocycles. The highest BCUT2D eigenvalue weighted by Crippen LogP contribution is 2.23. The maximum atomic E-state index is 12.2. The maximum absolute atomic E-state index is 12.2. The number of methoxy groups -OCH3 is 1. The Morgan fingerprint density at radius 1 is 1.33 bits per heavy atom. The molecule has 0 unspecified atom stereocenters. The van der Waals surface area contributed by atoms with Crippen LogP contribution in [0.25, 0.3) is 0 Å². The molecule has 0 radical (unpaired) electrons. The first-order valence-corrected chi connectivity index (χ1v) is 6.21. The third-order valence-electron chi connectivity index (χ3n) is 2.96. The molecule has 0 bridgehead atoms. The van der Waals surface area contributed by atoms with Crippen molar-refractivity contribution in [2.75, 3.05) is 13.7 Å². The van der Waals surface area contributed by atoms with E-state index in [0.29, 0.717) is 13.0 Å². The van der Waals surface area contributed by atoms with E-state index in [-0.39, 0.29) is 5.78 Å². The minimum atomic E-state index is -0.747. The largest absolute Gasteiger partial charge is 0.496 e. The Labute approximate surface area is 109 Å². The molecule has 0 heterocycles. The van der Waals surface area contributed by atoms with E-state index in [1.165, 1.54) is 0 Å². The van der Waals surface area contributed by atoms with Gasteiger partial charge in [-0.05, 0) is 33.8 Å². The first-order chi connectivity index (χ1) is 8.40. The van der Waals surface area contributed by atoms with E-state index in [0.717, 1.165) is 16.9 Å². The second kappa shape index (κ2) is 6.01. The van der Waals surface area contributed by atoms with E-state index in [2.05, 4.69) is 0 Å². The lowest BCUT2D eigenvalue weighted by Crippen LogP contribution is -2.36. The third kappa shape index (κ3) is 3.57. The molecule has 1 rings (SSSR count). The highest BCUT2D eigenvalue weighted by atomic mass is 16.5. The topological polar surface area (TPSA) is 35.5 Å². The zero-order chi connectivity index (χ0) is 13.8. The van der Waals surface area contributed by atoms with Crippen LogP contribution in [-0.4, -0.2) is 25.1 Å². The van der Waals surface area contributed by atoms with Gasteiger partial charge in [0.1, 0.15) is 11.4 Å². The van der Waals surface area contributed by atoms with Gasteiger partial charge in [-0.25, -0.2) is 0 Å². The second-order valence-electron chi connectivity index (χ2n) is 4.86. The van der Waals surface area contributed by atoms with E-state index >= 15 is 0 Å². The Balaban J connectivity index is 2.90. The SMILES string of the molecule is CCOC(C)(C)C(=O)Cc1cc(C)ccc1OC. The highest BCUT2D eigenvalue weighted by Gasteiger charge is 2.28. The number of carbonyl (C=O) groups is 1. The minimum absolute atomic E-state index is 0.0632. The predicted octanol–water partition coefficient (Wildman–Crippen LogP) is 2.93. The number of carbonyl (C=O) groups excluding carboxylic acids is 1. The third-order valence-corrected chi connectivity index (χ3v) is 2.96. The lowest BCUT2D eigenvalue weighted by molar-refractivity contribution is -0.139. The van der Waals surface area contributed by atoms with Crippen molar-refractivity contribution in [2.24, 2.45) is 0 Å². The van der Waals surface area contributed by atoms with Gasteiger partial charge in [-0.2, -0.15) is 0 Å². The molecule has 0 aliphatic rings. The number of hydrogen-bond donors (Lipinski definition) is 0. The molecule has 0 amide bonds. The normalized spacial score (nSPS) is 11.4. The summed E-state index contributed by atoms with van der Waals surface area (Å²) in [6.07, 6.45) is 0.331. The Morgan fingerprint density at radius 3 is 2.56 bits per heavy atom. The zero-order valence-electron chi connectivity index (χ0n) is 11.9. The molecule has 3 nitrogen and oxygen atoms in total. The number of rotatable bonds is 6. The van der Waals surface area contributed by atoms with Gasteiger partial charge in [0.2, 0.25) is 0 Å². The van der Waals surface area contributed by atoms with Crippen LogP contribution in [0.15, 0.2) is 18.2 Å². The van der Waals surface area contributed by atoms with E-state index in [1.54, 1.807) is 21.0 Å². The Kier molecular flexibility index (Phi) is 4.91. The van der Waals surface area contributed by atoms with Crippen molar-refractivity contribution in [3.05, 3.63) is 29.3 Å². The van der Waals surface area contributed by atoms with Crippen molar-refractivity contribution in [3.8, 4) is 5.75 Å². The molecule has 0 saturated carbocycles. The van der Waals surface area contributed by atoms with Crippen LogP contribution < -0.4 is 4.74 Å². The molecule has 18 heavy (non-hydrogen) atoms. The van der Waals surface area contributed by atoms with Crippen LogP contribution in [0.5, 0.6) is 5.75 Å². The van der Waals surface area contributed by atoms with Crippen molar-refractivity contribution in [1.29, 1.82) is 0 Å². The Hall–Kier alpha value is -1.35. The molecule has 0 aromatic heterocycles. The van der Waals surface area contributed by atoms with Gasteiger partial charge in [0, 0.05) is 18.6 Å². The molecule has 0 spiro atoms. The summed E-state index contributed by atoms with van der Waals surface area (Å²) in [6.45, 7) is 8.04. The summed E-state index contributed by atoms with van der Waals surface area (Å²) in [5.41, 5.74) is 1.28. The number of ketones is 1. The summed E-state index contributed by atoms with van der Waals surface area (Å²) in [5, 5.41) is 0. The van der Waals surface area contributed by atoms with Crippen molar-refractivity contribution < 1.29 is 14.3 Å². The number of aryl methyl sites for hydroxylation is 1. The van der Waals surface area contributed by atoms with Gasteiger partial charge < -0.3 is 9.47 Å². The van der Waals surface area contributed by atoms with Gasteiger partial charge in [0.05, 0.1) is 7.11 Å². The monoisotopic (exact) mass is 250 g/mol. The average molecular weight is 250 g/mol. The Morgan fingerprint density at radius 2 is 2.00 bits per heavy atom. The molecule has 0 N–H and O–H groups in total. The molecular weight excluding hydrogens is 228 g/mol. The fraction of sp³-hybridized carbons (Fsp3) is 0.533. The molecule has 3 heteroatoms. The van der Waals surface area contributed by atoms with E-state index in [1.807, 2.05) is 32.0 Å². The summed E-state index contributed by atoms with van der Waals surface area (Å²) in [4.78, 5) is 12.2. The van der Waals surface area contributed by atoms with Gasteiger partial charge in [-0.15, -0.1) is 0 Å².